The van der Waals surface area contributed by atoms with Crippen molar-refractivity contribution in [2.45, 2.75) is 19.8 Å². The number of nitrogens with zero attached hydrogens (tertiary/aromatic N) is 1. The number of halogens is 1. The molecule has 144 valence electrons. The predicted octanol–water partition coefficient (Wildman–Crippen LogP) is 4.35. The summed E-state index contributed by atoms with van der Waals surface area (Å²) in [5.41, 5.74) is 3.94. The fraction of sp³-hybridized carbons (Fsp3) is 0.381. The second kappa shape index (κ2) is 9.11. The van der Waals surface area contributed by atoms with Crippen molar-refractivity contribution in [3.8, 4) is 0 Å². The zero-order valence-corrected chi connectivity index (χ0v) is 16.6. The van der Waals surface area contributed by atoms with Crippen LogP contribution < -0.4 is 15.5 Å². The van der Waals surface area contributed by atoms with Gasteiger partial charge < -0.3 is 20.3 Å². The van der Waals surface area contributed by atoms with Gasteiger partial charge in [0, 0.05) is 23.8 Å². The van der Waals surface area contributed by atoms with Gasteiger partial charge >= 0.3 is 0 Å². The summed E-state index contributed by atoms with van der Waals surface area (Å²) in [5, 5.41) is 6.78. The van der Waals surface area contributed by atoms with Crippen LogP contribution in [-0.2, 0) is 9.53 Å². The maximum atomic E-state index is 12.3. The lowest BCUT2D eigenvalue weighted by Crippen LogP contribution is -2.36. The Bertz CT molecular complexity index is 771. The number of hydrogen-bond donors (Lipinski definition) is 2. The SMILES string of the molecule is CC(C)c1ccc(NC(=O)CNc2cc(Cl)ccc2N2CCOCC2)cc1. The molecule has 1 amide bonds. The van der Waals surface area contributed by atoms with E-state index < -0.39 is 0 Å². The molecular weight excluding hydrogens is 362 g/mol. The Kier molecular flexibility index (Phi) is 6.58. The number of anilines is 3. The molecule has 2 N–H and O–H groups in total. The maximum absolute atomic E-state index is 12.3. The highest BCUT2D eigenvalue weighted by Gasteiger charge is 2.15. The van der Waals surface area contributed by atoms with E-state index in [2.05, 4.69) is 29.4 Å². The average molecular weight is 388 g/mol. The van der Waals surface area contributed by atoms with Crippen molar-refractivity contribution in [1.29, 1.82) is 0 Å². The van der Waals surface area contributed by atoms with Gasteiger partial charge in [-0.1, -0.05) is 37.6 Å². The minimum atomic E-state index is -0.0970. The van der Waals surface area contributed by atoms with E-state index in [1.165, 1.54) is 5.56 Å². The highest BCUT2D eigenvalue weighted by molar-refractivity contribution is 6.31. The van der Waals surface area contributed by atoms with Gasteiger partial charge in [-0.25, -0.2) is 0 Å². The number of ether oxygens (including phenoxy) is 1. The lowest BCUT2D eigenvalue weighted by Gasteiger charge is -2.30. The Labute approximate surface area is 165 Å². The fourth-order valence-electron chi connectivity index (χ4n) is 3.06. The summed E-state index contributed by atoms with van der Waals surface area (Å²) in [7, 11) is 0. The van der Waals surface area contributed by atoms with Crippen LogP contribution in [0.15, 0.2) is 42.5 Å². The van der Waals surface area contributed by atoms with Crippen molar-refractivity contribution in [2.75, 3.05) is 48.4 Å². The lowest BCUT2D eigenvalue weighted by atomic mass is 10.0. The molecule has 2 aromatic carbocycles. The van der Waals surface area contributed by atoms with Gasteiger partial charge in [0.25, 0.3) is 0 Å². The molecule has 6 heteroatoms. The van der Waals surface area contributed by atoms with Crippen LogP contribution in [0.4, 0.5) is 17.1 Å². The molecule has 1 fully saturated rings. The molecule has 0 bridgehead atoms. The van der Waals surface area contributed by atoms with Crippen LogP contribution in [-0.4, -0.2) is 38.8 Å². The molecule has 1 saturated heterocycles. The summed E-state index contributed by atoms with van der Waals surface area (Å²) >= 11 is 6.16. The Hall–Kier alpha value is -2.24. The second-order valence-corrected chi connectivity index (χ2v) is 7.38. The number of benzene rings is 2. The molecule has 1 aliphatic heterocycles. The Morgan fingerprint density at radius 1 is 1.15 bits per heavy atom. The quantitative estimate of drug-likeness (QED) is 0.773. The maximum Gasteiger partial charge on any atom is 0.243 e. The average Bonchev–Trinajstić information content (AvgIpc) is 2.67. The molecule has 1 aliphatic rings. The van der Waals surface area contributed by atoms with Crippen LogP contribution in [0, 0.1) is 0 Å². The first-order valence-electron chi connectivity index (χ1n) is 9.29. The topological polar surface area (TPSA) is 53.6 Å². The molecule has 2 aromatic rings. The van der Waals surface area contributed by atoms with E-state index in [-0.39, 0.29) is 12.5 Å². The third kappa shape index (κ3) is 5.37. The van der Waals surface area contributed by atoms with Gasteiger partial charge in [0.2, 0.25) is 5.91 Å². The van der Waals surface area contributed by atoms with E-state index in [9.17, 15) is 4.79 Å². The van der Waals surface area contributed by atoms with Gasteiger partial charge in [-0.3, -0.25) is 4.79 Å². The molecule has 3 rings (SSSR count). The third-order valence-electron chi connectivity index (χ3n) is 4.61. The molecule has 0 aromatic heterocycles. The van der Waals surface area contributed by atoms with E-state index in [1.54, 1.807) is 0 Å². The summed E-state index contributed by atoms with van der Waals surface area (Å²) in [4.78, 5) is 14.6. The lowest BCUT2D eigenvalue weighted by molar-refractivity contribution is -0.114. The first-order chi connectivity index (χ1) is 13.0. The van der Waals surface area contributed by atoms with E-state index in [0.717, 1.165) is 30.2 Å². The van der Waals surface area contributed by atoms with Gasteiger partial charge in [-0.05, 0) is 41.8 Å². The van der Waals surface area contributed by atoms with Crippen molar-refractivity contribution in [1.82, 2.24) is 0 Å². The first-order valence-corrected chi connectivity index (χ1v) is 9.66. The number of hydrogen-bond acceptors (Lipinski definition) is 4. The summed E-state index contributed by atoms with van der Waals surface area (Å²) < 4.78 is 5.42. The number of carbonyl (C=O) groups excluding carboxylic acids is 1. The molecule has 0 atom stereocenters. The number of nitrogens with one attached hydrogen (secondary N) is 2. The molecule has 0 radical (unpaired) electrons. The van der Waals surface area contributed by atoms with Crippen molar-refractivity contribution in [3.05, 3.63) is 53.1 Å². The van der Waals surface area contributed by atoms with Gasteiger partial charge in [-0.15, -0.1) is 0 Å². The smallest absolute Gasteiger partial charge is 0.243 e. The van der Waals surface area contributed by atoms with Crippen LogP contribution in [0.1, 0.15) is 25.3 Å². The molecule has 0 spiro atoms. The molecule has 0 saturated carbocycles. The van der Waals surface area contributed by atoms with Crippen LogP contribution in [0.25, 0.3) is 0 Å². The zero-order valence-electron chi connectivity index (χ0n) is 15.8. The van der Waals surface area contributed by atoms with Gasteiger partial charge in [0.05, 0.1) is 31.1 Å². The van der Waals surface area contributed by atoms with Gasteiger partial charge in [0.1, 0.15) is 0 Å². The molecule has 0 aliphatic carbocycles. The Morgan fingerprint density at radius 2 is 1.85 bits per heavy atom. The molecule has 0 unspecified atom stereocenters. The zero-order chi connectivity index (χ0) is 19.2. The fourth-order valence-corrected chi connectivity index (χ4v) is 3.23. The Morgan fingerprint density at radius 3 is 2.52 bits per heavy atom. The molecule has 27 heavy (non-hydrogen) atoms. The largest absolute Gasteiger partial charge is 0.378 e. The van der Waals surface area contributed by atoms with Crippen molar-refractivity contribution in [2.24, 2.45) is 0 Å². The second-order valence-electron chi connectivity index (χ2n) is 6.94. The summed E-state index contributed by atoms with van der Waals surface area (Å²) in [6.45, 7) is 7.52. The minimum absolute atomic E-state index is 0.0970. The van der Waals surface area contributed by atoms with E-state index in [1.807, 2.05) is 42.5 Å². The molecule has 5 nitrogen and oxygen atoms in total. The minimum Gasteiger partial charge on any atom is -0.378 e. The first kappa shape index (κ1) is 19.5. The third-order valence-corrected chi connectivity index (χ3v) is 4.85. The van der Waals surface area contributed by atoms with Crippen LogP contribution >= 0.6 is 11.6 Å². The van der Waals surface area contributed by atoms with Crippen molar-refractivity contribution in [3.63, 3.8) is 0 Å². The highest BCUT2D eigenvalue weighted by Crippen LogP contribution is 2.29. The van der Waals surface area contributed by atoms with Gasteiger partial charge in [-0.2, -0.15) is 0 Å². The van der Waals surface area contributed by atoms with Crippen molar-refractivity contribution >= 4 is 34.6 Å². The predicted molar refractivity (Wildman–Crippen MR) is 112 cm³/mol. The standard InChI is InChI=1S/C21H26ClN3O2/c1-15(2)16-3-6-18(7-4-16)24-21(26)14-23-19-13-17(22)5-8-20(19)25-9-11-27-12-10-25/h3-8,13,15,23H,9-12,14H2,1-2H3,(H,24,26). The summed E-state index contributed by atoms with van der Waals surface area (Å²) in [6.07, 6.45) is 0. The number of morpholine rings is 1. The highest BCUT2D eigenvalue weighted by atomic mass is 35.5. The van der Waals surface area contributed by atoms with E-state index >= 15 is 0 Å². The Balaban J connectivity index is 1.61. The normalized spacial score (nSPS) is 14.3. The monoisotopic (exact) mass is 387 g/mol. The van der Waals surface area contributed by atoms with Crippen LogP contribution in [0.5, 0.6) is 0 Å². The number of rotatable bonds is 6. The van der Waals surface area contributed by atoms with E-state index in [0.29, 0.717) is 24.2 Å². The summed E-state index contributed by atoms with van der Waals surface area (Å²) in [5.74, 6) is 0.373. The molecule has 1 heterocycles. The van der Waals surface area contributed by atoms with Gasteiger partial charge in [0.15, 0.2) is 0 Å². The van der Waals surface area contributed by atoms with Crippen LogP contribution in [0.2, 0.25) is 5.02 Å². The summed E-state index contributed by atoms with van der Waals surface area (Å²) in [6, 6.07) is 13.7. The number of amides is 1. The number of carbonyl (C=O) groups is 1. The van der Waals surface area contributed by atoms with Crippen LogP contribution in [0.3, 0.4) is 0 Å². The molecular formula is C21H26ClN3O2. The van der Waals surface area contributed by atoms with E-state index in [4.69, 9.17) is 16.3 Å². The van der Waals surface area contributed by atoms with Crippen molar-refractivity contribution < 1.29 is 9.53 Å².